The van der Waals surface area contributed by atoms with Crippen molar-refractivity contribution in [1.82, 2.24) is 0 Å². The minimum absolute atomic E-state index is 0.0503. The van der Waals surface area contributed by atoms with Gasteiger partial charge in [-0.2, -0.15) is 0 Å². The number of ether oxygens (including phenoxy) is 7. The average Bonchev–Trinajstić information content (AvgIpc) is 2.78. The highest BCUT2D eigenvalue weighted by molar-refractivity contribution is 5.71. The third-order valence-electron chi connectivity index (χ3n) is 4.70. The molecular formula is C23H35N3O8. The van der Waals surface area contributed by atoms with Gasteiger partial charge < -0.3 is 33.2 Å². The van der Waals surface area contributed by atoms with Crippen LogP contribution in [0.2, 0.25) is 0 Å². The molecule has 1 saturated heterocycles. The van der Waals surface area contributed by atoms with Crippen LogP contribution in [-0.4, -0.2) is 69.6 Å². The third-order valence-corrected chi connectivity index (χ3v) is 4.70. The van der Waals surface area contributed by atoms with E-state index in [-0.39, 0.29) is 19.8 Å². The second-order valence-electron chi connectivity index (χ2n) is 8.66. The molecule has 0 saturated carbocycles. The van der Waals surface area contributed by atoms with E-state index in [1.54, 1.807) is 34.8 Å². The van der Waals surface area contributed by atoms with Crippen molar-refractivity contribution in [2.45, 2.75) is 71.0 Å². The largest absolute Gasteiger partial charge is 0.497 e. The van der Waals surface area contributed by atoms with Crippen molar-refractivity contribution in [3.8, 4) is 5.75 Å². The molecule has 1 heterocycles. The molecule has 1 aliphatic rings. The van der Waals surface area contributed by atoms with E-state index in [9.17, 15) is 4.79 Å². The third kappa shape index (κ3) is 9.09. The quantitative estimate of drug-likeness (QED) is 0.144. The Kier molecular flexibility index (Phi) is 11.0. The lowest BCUT2D eigenvalue weighted by Gasteiger charge is -2.38. The number of hydrogen-bond donors (Lipinski definition) is 0. The van der Waals surface area contributed by atoms with Crippen LogP contribution in [0.15, 0.2) is 29.4 Å². The number of azide groups is 1. The normalized spacial score (nSPS) is 22.4. The summed E-state index contributed by atoms with van der Waals surface area (Å²) in [6, 6.07) is 6.73. The van der Waals surface area contributed by atoms with E-state index in [1.807, 2.05) is 31.2 Å². The summed E-state index contributed by atoms with van der Waals surface area (Å²) in [6.07, 6.45) is -2.66. The highest BCUT2D eigenvalue weighted by Gasteiger charge is 2.36. The molecule has 0 spiro atoms. The lowest BCUT2D eigenvalue weighted by molar-refractivity contribution is -0.302. The molecule has 0 amide bonds. The van der Waals surface area contributed by atoms with Gasteiger partial charge in [0.25, 0.3) is 0 Å². The standard InChI is InChI=1S/C23H35N3O8/c1-7-30-21(15(2)25-26-24)32-19-13-31-22(16-8-10-17(28-6)11-9-16)33-18(19)12-29-14-20(27)34-23(3,4)5/h8-11,15,18-19,21-22H,7,12-14H2,1-6H3/t15?,18-,19?,21+,22?/m0/s1. The van der Waals surface area contributed by atoms with Crippen molar-refractivity contribution < 1.29 is 38.0 Å². The van der Waals surface area contributed by atoms with Gasteiger partial charge in [0.15, 0.2) is 12.6 Å². The molecule has 0 N–H and O–H groups in total. The van der Waals surface area contributed by atoms with Gasteiger partial charge in [-0.3, -0.25) is 0 Å². The highest BCUT2D eigenvalue weighted by atomic mass is 16.7. The van der Waals surface area contributed by atoms with E-state index >= 15 is 0 Å². The molecule has 1 fully saturated rings. The van der Waals surface area contributed by atoms with Crippen LogP contribution in [-0.2, 0) is 33.2 Å². The second kappa shape index (κ2) is 13.5. The van der Waals surface area contributed by atoms with Crippen LogP contribution in [0.4, 0.5) is 0 Å². The van der Waals surface area contributed by atoms with Crippen molar-refractivity contribution in [2.75, 3.05) is 33.5 Å². The first-order valence-electron chi connectivity index (χ1n) is 11.2. The Morgan fingerprint density at radius 2 is 2.00 bits per heavy atom. The minimum Gasteiger partial charge on any atom is -0.497 e. The fourth-order valence-electron chi connectivity index (χ4n) is 3.18. The maximum Gasteiger partial charge on any atom is 0.332 e. The summed E-state index contributed by atoms with van der Waals surface area (Å²) in [4.78, 5) is 14.9. The Morgan fingerprint density at radius 3 is 2.59 bits per heavy atom. The summed E-state index contributed by atoms with van der Waals surface area (Å²) >= 11 is 0. The monoisotopic (exact) mass is 481 g/mol. The molecule has 1 aromatic carbocycles. The van der Waals surface area contributed by atoms with Crippen molar-refractivity contribution in [3.63, 3.8) is 0 Å². The molecule has 3 unspecified atom stereocenters. The van der Waals surface area contributed by atoms with Crippen molar-refractivity contribution in [1.29, 1.82) is 0 Å². The van der Waals surface area contributed by atoms with Crippen molar-refractivity contribution in [3.05, 3.63) is 40.3 Å². The first-order chi connectivity index (χ1) is 16.2. The lowest BCUT2D eigenvalue weighted by atomic mass is 10.1. The summed E-state index contributed by atoms with van der Waals surface area (Å²) in [6.45, 7) is 9.21. The van der Waals surface area contributed by atoms with Gasteiger partial charge in [-0.25, -0.2) is 4.79 Å². The molecule has 0 radical (unpaired) electrons. The van der Waals surface area contributed by atoms with Gasteiger partial charge >= 0.3 is 5.97 Å². The summed E-state index contributed by atoms with van der Waals surface area (Å²) in [5, 5.41) is 3.68. The summed E-state index contributed by atoms with van der Waals surface area (Å²) in [7, 11) is 1.59. The second-order valence-corrected chi connectivity index (χ2v) is 8.66. The first kappa shape index (κ1) is 27.8. The zero-order valence-electron chi connectivity index (χ0n) is 20.6. The molecule has 1 aromatic rings. The number of carbonyl (C=O) groups excluding carboxylic acids is 1. The molecule has 5 atom stereocenters. The Bertz CT molecular complexity index is 807. The maximum atomic E-state index is 12.0. The van der Waals surface area contributed by atoms with Crippen LogP contribution < -0.4 is 4.74 Å². The lowest BCUT2D eigenvalue weighted by Crippen LogP contribution is -2.48. The molecule has 2 rings (SSSR count). The van der Waals surface area contributed by atoms with E-state index < -0.39 is 42.4 Å². The van der Waals surface area contributed by atoms with Crippen LogP contribution in [0.25, 0.3) is 10.4 Å². The van der Waals surface area contributed by atoms with E-state index in [0.717, 1.165) is 5.56 Å². The highest BCUT2D eigenvalue weighted by Crippen LogP contribution is 2.30. The Morgan fingerprint density at radius 1 is 1.29 bits per heavy atom. The fraction of sp³-hybridized carbons (Fsp3) is 0.696. The number of benzene rings is 1. The van der Waals surface area contributed by atoms with Crippen LogP contribution in [0.3, 0.4) is 0 Å². The minimum atomic E-state index is -0.802. The Balaban J connectivity index is 2.10. The number of carbonyl (C=O) groups is 1. The Hall–Kier alpha value is -2.40. The van der Waals surface area contributed by atoms with Gasteiger partial charge in [-0.05, 0) is 45.4 Å². The molecule has 0 aromatic heterocycles. The SMILES string of the molecule is CCO[C@H](OC1COC(c2ccc(OC)cc2)O[C@H]1COCC(=O)OC(C)(C)C)C(C)N=[N+]=[N-]. The summed E-state index contributed by atoms with van der Waals surface area (Å²) in [5.41, 5.74) is 8.97. The van der Waals surface area contributed by atoms with Gasteiger partial charge in [-0.1, -0.05) is 24.2 Å². The number of nitrogens with zero attached hydrogens (tertiary/aromatic N) is 3. The number of methoxy groups -OCH3 is 1. The average molecular weight is 482 g/mol. The van der Waals surface area contributed by atoms with E-state index in [4.69, 9.17) is 38.7 Å². The van der Waals surface area contributed by atoms with Gasteiger partial charge in [0.05, 0.1) is 26.4 Å². The van der Waals surface area contributed by atoms with E-state index in [1.165, 1.54) is 0 Å². The van der Waals surface area contributed by atoms with E-state index in [2.05, 4.69) is 10.0 Å². The molecule has 0 aliphatic carbocycles. The summed E-state index contributed by atoms with van der Waals surface area (Å²) < 4.78 is 39.8. The van der Waals surface area contributed by atoms with Gasteiger partial charge in [0.2, 0.25) is 0 Å². The van der Waals surface area contributed by atoms with Crippen LogP contribution >= 0.6 is 0 Å². The Labute approximate surface area is 200 Å². The predicted molar refractivity (Wildman–Crippen MR) is 122 cm³/mol. The number of rotatable bonds is 12. The molecule has 0 bridgehead atoms. The molecule has 190 valence electrons. The fourth-order valence-corrected chi connectivity index (χ4v) is 3.18. The number of hydrogen-bond acceptors (Lipinski definition) is 9. The molecule has 34 heavy (non-hydrogen) atoms. The zero-order valence-corrected chi connectivity index (χ0v) is 20.6. The topological polar surface area (TPSA) is 130 Å². The number of esters is 1. The molecule has 1 aliphatic heterocycles. The first-order valence-corrected chi connectivity index (χ1v) is 11.2. The van der Waals surface area contributed by atoms with Crippen LogP contribution in [0, 0.1) is 0 Å². The molecule has 11 heteroatoms. The smallest absolute Gasteiger partial charge is 0.332 e. The van der Waals surface area contributed by atoms with Crippen LogP contribution in [0.5, 0.6) is 5.75 Å². The van der Waals surface area contributed by atoms with Crippen LogP contribution in [0.1, 0.15) is 46.5 Å². The van der Waals surface area contributed by atoms with Crippen molar-refractivity contribution in [2.24, 2.45) is 5.11 Å². The predicted octanol–water partition coefficient (Wildman–Crippen LogP) is 3.91. The molecular weight excluding hydrogens is 446 g/mol. The zero-order chi connectivity index (χ0) is 25.1. The van der Waals surface area contributed by atoms with Gasteiger partial charge in [0, 0.05) is 17.1 Å². The van der Waals surface area contributed by atoms with Gasteiger partial charge in [0.1, 0.15) is 30.2 Å². The maximum absolute atomic E-state index is 12.0. The molecule has 11 nitrogen and oxygen atoms in total. The van der Waals surface area contributed by atoms with Crippen molar-refractivity contribution >= 4 is 5.97 Å². The van der Waals surface area contributed by atoms with Gasteiger partial charge in [-0.15, -0.1) is 0 Å². The van der Waals surface area contributed by atoms with E-state index in [0.29, 0.717) is 12.4 Å². The summed E-state index contributed by atoms with van der Waals surface area (Å²) in [5.74, 6) is 0.234.